The Kier molecular flexibility index (Phi) is 5.08. The van der Waals surface area contributed by atoms with Crippen molar-refractivity contribution in [2.24, 2.45) is 0 Å². The molecule has 0 bridgehead atoms. The summed E-state index contributed by atoms with van der Waals surface area (Å²) in [5.41, 5.74) is 2.21. The number of benzene rings is 2. The molecule has 0 unspecified atom stereocenters. The molecule has 0 atom stereocenters. The van der Waals surface area contributed by atoms with Crippen molar-refractivity contribution in [3.8, 4) is 0 Å². The van der Waals surface area contributed by atoms with Gasteiger partial charge in [0.05, 0.1) is 11.3 Å². The highest BCUT2D eigenvalue weighted by atomic mass is 79.9. The molecule has 0 radical (unpaired) electrons. The summed E-state index contributed by atoms with van der Waals surface area (Å²) in [5, 5.41) is 1.14. The highest BCUT2D eigenvalue weighted by Crippen LogP contribution is 2.31. The van der Waals surface area contributed by atoms with E-state index in [2.05, 4.69) is 27.0 Å². The molecule has 1 N–H and O–H groups in total. The van der Waals surface area contributed by atoms with Gasteiger partial charge in [0.2, 0.25) is 5.91 Å². The number of para-hydroxylation sites is 1. The van der Waals surface area contributed by atoms with Gasteiger partial charge in [-0.1, -0.05) is 42.5 Å². The molecule has 0 fully saturated rings. The van der Waals surface area contributed by atoms with Crippen LogP contribution in [0.3, 0.4) is 0 Å². The van der Waals surface area contributed by atoms with Crippen molar-refractivity contribution >= 4 is 44.5 Å². The number of H-pyrrole nitrogens is 1. The molecule has 3 aromatic rings. The summed E-state index contributed by atoms with van der Waals surface area (Å²) >= 11 is 5.10. The molecular weight excluding hydrogens is 372 g/mol. The summed E-state index contributed by atoms with van der Waals surface area (Å²) < 4.78 is 1.04. The van der Waals surface area contributed by atoms with E-state index in [1.807, 2.05) is 55.7 Å². The van der Waals surface area contributed by atoms with Crippen LogP contribution in [0, 0.1) is 0 Å². The first kappa shape index (κ1) is 16.1. The number of rotatable bonds is 5. The van der Waals surface area contributed by atoms with Gasteiger partial charge in [0.1, 0.15) is 0 Å². The van der Waals surface area contributed by atoms with Gasteiger partial charge in [0, 0.05) is 34.5 Å². The summed E-state index contributed by atoms with van der Waals surface area (Å²) in [6.07, 6.45) is 1.96. The molecule has 0 spiro atoms. The number of aromatic amines is 1. The molecule has 1 heterocycles. The number of thioether (sulfide) groups is 1. The van der Waals surface area contributed by atoms with E-state index in [-0.39, 0.29) is 5.91 Å². The number of hydrogen-bond donors (Lipinski definition) is 1. The van der Waals surface area contributed by atoms with Gasteiger partial charge in [0.15, 0.2) is 0 Å². The average Bonchev–Trinajstić information content (AvgIpc) is 2.98. The zero-order chi connectivity index (χ0) is 16.2. The lowest BCUT2D eigenvalue weighted by molar-refractivity contribution is -0.127. The molecule has 23 heavy (non-hydrogen) atoms. The minimum atomic E-state index is 0.128. The first-order valence-corrected chi connectivity index (χ1v) is 9.09. The number of aromatic nitrogens is 1. The van der Waals surface area contributed by atoms with Crippen molar-refractivity contribution in [1.82, 2.24) is 9.88 Å². The second kappa shape index (κ2) is 7.23. The summed E-state index contributed by atoms with van der Waals surface area (Å²) in [4.78, 5) is 18.5. The van der Waals surface area contributed by atoms with Crippen LogP contribution in [-0.2, 0) is 11.3 Å². The highest BCUT2D eigenvalue weighted by Gasteiger charge is 2.12. The Bertz CT molecular complexity index is 816. The fraction of sp³-hybridized carbons (Fsp3) is 0.167. The number of carbonyl (C=O) groups excluding carboxylic acids is 1. The first-order chi connectivity index (χ1) is 11.1. The number of hydrogen-bond acceptors (Lipinski definition) is 2. The molecule has 0 aliphatic carbocycles. The summed E-state index contributed by atoms with van der Waals surface area (Å²) in [6, 6.07) is 16.1. The molecule has 2 aromatic carbocycles. The number of nitrogens with one attached hydrogen (secondary N) is 1. The fourth-order valence-electron chi connectivity index (χ4n) is 2.41. The molecule has 0 aliphatic heterocycles. The van der Waals surface area contributed by atoms with Gasteiger partial charge in [0.25, 0.3) is 0 Å². The molecule has 1 amide bonds. The van der Waals surface area contributed by atoms with Crippen molar-refractivity contribution in [3.05, 3.63) is 64.8 Å². The molecule has 3 nitrogen and oxygen atoms in total. The van der Waals surface area contributed by atoms with Crippen LogP contribution in [0.5, 0.6) is 0 Å². The molecule has 0 saturated carbocycles. The Balaban J connectivity index is 1.63. The van der Waals surface area contributed by atoms with Crippen LogP contribution in [0.2, 0.25) is 0 Å². The van der Waals surface area contributed by atoms with Crippen molar-refractivity contribution in [2.75, 3.05) is 12.8 Å². The van der Waals surface area contributed by atoms with Crippen LogP contribution < -0.4 is 0 Å². The highest BCUT2D eigenvalue weighted by molar-refractivity contribution is 9.10. The van der Waals surface area contributed by atoms with Crippen LogP contribution in [-0.4, -0.2) is 28.6 Å². The predicted octanol–water partition coefficient (Wildman–Crippen LogP) is 4.68. The topological polar surface area (TPSA) is 36.1 Å². The Morgan fingerprint density at radius 3 is 2.74 bits per heavy atom. The largest absolute Gasteiger partial charge is 0.359 e. The standard InChI is InChI=1S/C18H17BrN2OS/c1-21(11-13-6-3-2-4-7-13)17(22)12-23-16-10-20-18-14(16)8-5-9-15(18)19/h2-10,20H,11-12H2,1H3. The smallest absolute Gasteiger partial charge is 0.232 e. The fourth-order valence-corrected chi connectivity index (χ4v) is 3.85. The molecule has 118 valence electrons. The van der Waals surface area contributed by atoms with Crippen molar-refractivity contribution in [3.63, 3.8) is 0 Å². The number of carbonyl (C=O) groups is 1. The summed E-state index contributed by atoms with van der Waals surface area (Å²) in [5.74, 6) is 0.561. The van der Waals surface area contributed by atoms with Crippen LogP contribution in [0.1, 0.15) is 5.56 Å². The Morgan fingerprint density at radius 1 is 1.17 bits per heavy atom. The molecule has 5 heteroatoms. The zero-order valence-corrected chi connectivity index (χ0v) is 15.2. The number of nitrogens with zero attached hydrogens (tertiary/aromatic N) is 1. The first-order valence-electron chi connectivity index (χ1n) is 7.31. The van der Waals surface area contributed by atoms with E-state index in [0.717, 1.165) is 25.8 Å². The zero-order valence-electron chi connectivity index (χ0n) is 12.8. The third-order valence-corrected chi connectivity index (χ3v) is 5.37. The van der Waals surface area contributed by atoms with Crippen LogP contribution in [0.25, 0.3) is 10.9 Å². The summed E-state index contributed by atoms with van der Waals surface area (Å²) in [6.45, 7) is 0.639. The van der Waals surface area contributed by atoms with Crippen molar-refractivity contribution in [1.29, 1.82) is 0 Å². The Labute approximate surface area is 148 Å². The van der Waals surface area contributed by atoms with E-state index >= 15 is 0 Å². The van der Waals surface area contributed by atoms with Crippen molar-refractivity contribution in [2.45, 2.75) is 11.4 Å². The van der Waals surface area contributed by atoms with E-state index in [9.17, 15) is 4.79 Å². The average molecular weight is 389 g/mol. The van der Waals surface area contributed by atoms with Gasteiger partial charge in [-0.2, -0.15) is 0 Å². The number of halogens is 1. The van der Waals surface area contributed by atoms with Crippen LogP contribution in [0.4, 0.5) is 0 Å². The van der Waals surface area contributed by atoms with Crippen LogP contribution in [0.15, 0.2) is 64.1 Å². The molecule has 0 saturated heterocycles. The maximum absolute atomic E-state index is 12.3. The monoisotopic (exact) mass is 388 g/mol. The normalized spacial score (nSPS) is 10.9. The second-order valence-electron chi connectivity index (χ2n) is 5.34. The number of amides is 1. The Hall–Kier alpha value is -1.72. The third kappa shape index (κ3) is 3.79. The van der Waals surface area contributed by atoms with Crippen LogP contribution >= 0.6 is 27.7 Å². The van der Waals surface area contributed by atoms with Gasteiger partial charge in [-0.05, 0) is 27.6 Å². The minimum Gasteiger partial charge on any atom is -0.359 e. The second-order valence-corrected chi connectivity index (χ2v) is 7.21. The predicted molar refractivity (Wildman–Crippen MR) is 99.6 cm³/mol. The maximum Gasteiger partial charge on any atom is 0.232 e. The molecular formula is C18H17BrN2OS. The minimum absolute atomic E-state index is 0.128. The van der Waals surface area contributed by atoms with Gasteiger partial charge >= 0.3 is 0 Å². The van der Waals surface area contributed by atoms with E-state index in [4.69, 9.17) is 0 Å². The lowest BCUT2D eigenvalue weighted by atomic mass is 10.2. The number of fused-ring (bicyclic) bond motifs is 1. The van der Waals surface area contributed by atoms with Gasteiger partial charge in [-0.15, -0.1) is 11.8 Å². The lowest BCUT2D eigenvalue weighted by Crippen LogP contribution is -2.27. The third-order valence-electron chi connectivity index (χ3n) is 3.67. The van der Waals surface area contributed by atoms with Gasteiger partial charge in [-0.3, -0.25) is 4.79 Å². The van der Waals surface area contributed by atoms with Gasteiger partial charge < -0.3 is 9.88 Å². The van der Waals surface area contributed by atoms with E-state index in [1.165, 1.54) is 0 Å². The quantitative estimate of drug-likeness (QED) is 0.644. The van der Waals surface area contributed by atoms with E-state index < -0.39 is 0 Å². The summed E-state index contributed by atoms with van der Waals surface area (Å²) in [7, 11) is 1.85. The van der Waals surface area contributed by atoms with E-state index in [0.29, 0.717) is 12.3 Å². The molecule has 3 rings (SSSR count). The molecule has 0 aliphatic rings. The maximum atomic E-state index is 12.3. The van der Waals surface area contributed by atoms with Crippen molar-refractivity contribution < 1.29 is 4.79 Å². The molecule has 1 aromatic heterocycles. The van der Waals surface area contributed by atoms with Gasteiger partial charge in [-0.25, -0.2) is 0 Å². The van der Waals surface area contributed by atoms with E-state index in [1.54, 1.807) is 16.7 Å². The Morgan fingerprint density at radius 2 is 1.96 bits per heavy atom. The SMILES string of the molecule is CN(Cc1ccccc1)C(=O)CSc1c[nH]c2c(Br)cccc12. The lowest BCUT2D eigenvalue weighted by Gasteiger charge is -2.17.